The maximum atomic E-state index is 12.9. The summed E-state index contributed by atoms with van der Waals surface area (Å²) in [4.78, 5) is 24.7. The fourth-order valence-corrected chi connectivity index (χ4v) is 4.34. The zero-order valence-electron chi connectivity index (χ0n) is 14.8. The van der Waals surface area contributed by atoms with Gasteiger partial charge in [-0.05, 0) is 37.1 Å². The lowest BCUT2D eigenvalue weighted by Gasteiger charge is -2.20. The lowest BCUT2D eigenvalue weighted by atomic mass is 10.00. The van der Waals surface area contributed by atoms with Crippen molar-refractivity contribution in [2.24, 2.45) is 4.99 Å². The van der Waals surface area contributed by atoms with Gasteiger partial charge in [-0.25, -0.2) is 0 Å². The molecule has 3 aromatic rings. The summed E-state index contributed by atoms with van der Waals surface area (Å²) in [5.74, 6) is 0.0234. The molecule has 2 aromatic heterocycles. The normalized spacial score (nSPS) is 14.0. The van der Waals surface area contributed by atoms with Crippen LogP contribution in [0.3, 0.4) is 0 Å². The molecule has 4 nitrogen and oxygen atoms in total. The van der Waals surface area contributed by atoms with Crippen molar-refractivity contribution in [2.45, 2.75) is 20.4 Å². The highest BCUT2D eigenvalue weighted by atomic mass is 32.1. The Labute approximate surface area is 156 Å². The number of rotatable bonds is 3. The first kappa shape index (κ1) is 16.7. The SMILES string of the molecule is Cc1sc2c(c1C)C(c1ccccc1)=NCC(=O)N2Cc1ccncc1. The highest BCUT2D eigenvalue weighted by Gasteiger charge is 2.29. The molecule has 130 valence electrons. The van der Waals surface area contributed by atoms with Crippen molar-refractivity contribution in [2.75, 3.05) is 11.4 Å². The van der Waals surface area contributed by atoms with E-state index >= 15 is 0 Å². The maximum absolute atomic E-state index is 12.9. The third-order valence-corrected chi connectivity index (χ3v) is 5.89. The van der Waals surface area contributed by atoms with Crippen molar-refractivity contribution in [3.05, 3.63) is 82.0 Å². The molecule has 0 atom stereocenters. The number of pyridine rings is 1. The Hall–Kier alpha value is -2.79. The van der Waals surface area contributed by atoms with Gasteiger partial charge in [-0.1, -0.05) is 30.3 Å². The van der Waals surface area contributed by atoms with Gasteiger partial charge in [0.15, 0.2) is 0 Å². The smallest absolute Gasteiger partial charge is 0.249 e. The summed E-state index contributed by atoms with van der Waals surface area (Å²) in [5.41, 5.74) is 5.30. The van der Waals surface area contributed by atoms with E-state index < -0.39 is 0 Å². The Morgan fingerprint density at radius 3 is 2.54 bits per heavy atom. The highest BCUT2D eigenvalue weighted by Crippen LogP contribution is 2.39. The van der Waals surface area contributed by atoms with E-state index in [1.54, 1.807) is 23.7 Å². The molecule has 0 aliphatic carbocycles. The van der Waals surface area contributed by atoms with Gasteiger partial charge in [-0.15, -0.1) is 11.3 Å². The summed E-state index contributed by atoms with van der Waals surface area (Å²) in [5, 5.41) is 0.988. The molecule has 0 N–H and O–H groups in total. The number of thiophene rings is 1. The number of aliphatic imine (C=N–C) groups is 1. The molecule has 0 radical (unpaired) electrons. The fraction of sp³-hybridized carbons (Fsp3) is 0.190. The molecule has 3 heterocycles. The van der Waals surface area contributed by atoms with Crippen LogP contribution in [0.1, 0.15) is 27.1 Å². The van der Waals surface area contributed by atoms with Crippen molar-refractivity contribution < 1.29 is 4.79 Å². The van der Waals surface area contributed by atoms with E-state index in [1.807, 2.05) is 35.2 Å². The van der Waals surface area contributed by atoms with Crippen LogP contribution < -0.4 is 4.90 Å². The number of hydrogen-bond acceptors (Lipinski definition) is 4. The number of hydrogen-bond donors (Lipinski definition) is 0. The molecule has 0 bridgehead atoms. The molecule has 26 heavy (non-hydrogen) atoms. The van der Waals surface area contributed by atoms with Crippen LogP contribution in [0.2, 0.25) is 0 Å². The van der Waals surface area contributed by atoms with Crippen molar-refractivity contribution in [1.82, 2.24) is 4.98 Å². The predicted molar refractivity (Wildman–Crippen MR) is 106 cm³/mol. The second-order valence-corrected chi connectivity index (χ2v) is 7.53. The molecular formula is C21H19N3OS. The minimum absolute atomic E-state index is 0.0234. The minimum atomic E-state index is 0.0234. The molecule has 1 aliphatic heterocycles. The van der Waals surface area contributed by atoms with Gasteiger partial charge >= 0.3 is 0 Å². The highest BCUT2D eigenvalue weighted by molar-refractivity contribution is 7.17. The first-order valence-electron chi connectivity index (χ1n) is 8.54. The first-order valence-corrected chi connectivity index (χ1v) is 9.36. The van der Waals surface area contributed by atoms with Crippen LogP contribution in [0.5, 0.6) is 0 Å². The number of carbonyl (C=O) groups is 1. The zero-order valence-corrected chi connectivity index (χ0v) is 15.6. The molecule has 0 fully saturated rings. The van der Waals surface area contributed by atoms with E-state index in [0.717, 1.165) is 27.4 Å². The van der Waals surface area contributed by atoms with Gasteiger partial charge in [0.1, 0.15) is 11.5 Å². The topological polar surface area (TPSA) is 45.6 Å². The van der Waals surface area contributed by atoms with Gasteiger partial charge in [0.05, 0.1) is 12.3 Å². The van der Waals surface area contributed by atoms with Gasteiger partial charge in [-0.3, -0.25) is 19.7 Å². The largest absolute Gasteiger partial charge is 0.297 e. The average molecular weight is 361 g/mol. The Kier molecular flexibility index (Phi) is 4.39. The van der Waals surface area contributed by atoms with Crippen LogP contribution in [-0.2, 0) is 11.3 Å². The maximum Gasteiger partial charge on any atom is 0.249 e. The molecule has 5 heteroatoms. The van der Waals surface area contributed by atoms with Crippen LogP contribution in [0.4, 0.5) is 5.00 Å². The molecule has 1 aromatic carbocycles. The number of carbonyl (C=O) groups excluding carboxylic acids is 1. The monoisotopic (exact) mass is 361 g/mol. The van der Waals surface area contributed by atoms with E-state index in [-0.39, 0.29) is 12.5 Å². The summed E-state index contributed by atoms with van der Waals surface area (Å²) in [7, 11) is 0. The van der Waals surface area contributed by atoms with Crippen LogP contribution >= 0.6 is 11.3 Å². The molecule has 4 rings (SSSR count). The quantitative estimate of drug-likeness (QED) is 0.704. The summed E-state index contributed by atoms with van der Waals surface area (Å²) in [6, 6.07) is 14.0. The van der Waals surface area contributed by atoms with Gasteiger partial charge < -0.3 is 0 Å². The standard InChI is InChI=1S/C21H19N3OS/c1-14-15(2)26-21-19(14)20(17-6-4-3-5-7-17)23-12-18(25)24(21)13-16-8-10-22-11-9-16/h3-11H,12-13H2,1-2H3. The van der Waals surface area contributed by atoms with Crippen LogP contribution in [0.25, 0.3) is 0 Å². The number of benzene rings is 1. The third kappa shape index (κ3) is 2.95. The number of aryl methyl sites for hydroxylation is 1. The molecule has 1 aliphatic rings. The van der Waals surface area contributed by atoms with E-state index in [1.165, 1.54) is 10.4 Å². The second kappa shape index (κ2) is 6.84. The summed E-state index contributed by atoms with van der Waals surface area (Å²) < 4.78 is 0. The first-order chi connectivity index (χ1) is 12.6. The van der Waals surface area contributed by atoms with E-state index in [9.17, 15) is 4.79 Å². The molecular weight excluding hydrogens is 342 g/mol. The van der Waals surface area contributed by atoms with Crippen LogP contribution in [0.15, 0.2) is 59.9 Å². The summed E-state index contributed by atoms with van der Waals surface area (Å²) in [6.07, 6.45) is 3.52. The molecule has 0 unspecified atom stereocenters. The van der Waals surface area contributed by atoms with Gasteiger partial charge in [0, 0.05) is 28.4 Å². The van der Waals surface area contributed by atoms with Crippen molar-refractivity contribution >= 4 is 28.0 Å². The fourth-order valence-electron chi connectivity index (χ4n) is 3.16. The summed E-state index contributed by atoms with van der Waals surface area (Å²) in [6.45, 7) is 4.91. The number of fused-ring (bicyclic) bond motifs is 1. The summed E-state index contributed by atoms with van der Waals surface area (Å²) >= 11 is 1.67. The lowest BCUT2D eigenvalue weighted by molar-refractivity contribution is -0.117. The lowest BCUT2D eigenvalue weighted by Crippen LogP contribution is -2.31. The van der Waals surface area contributed by atoms with Crippen LogP contribution in [0, 0.1) is 13.8 Å². The van der Waals surface area contributed by atoms with E-state index in [4.69, 9.17) is 4.99 Å². The number of nitrogens with zero attached hydrogens (tertiary/aromatic N) is 3. The van der Waals surface area contributed by atoms with E-state index in [0.29, 0.717) is 6.54 Å². The zero-order chi connectivity index (χ0) is 18.1. The van der Waals surface area contributed by atoms with Crippen molar-refractivity contribution in [3.63, 3.8) is 0 Å². The van der Waals surface area contributed by atoms with Crippen molar-refractivity contribution in [3.8, 4) is 0 Å². The molecule has 0 saturated carbocycles. The number of aromatic nitrogens is 1. The third-order valence-electron chi connectivity index (χ3n) is 4.66. The Morgan fingerprint density at radius 2 is 1.81 bits per heavy atom. The van der Waals surface area contributed by atoms with Gasteiger partial charge in [0.25, 0.3) is 0 Å². The molecule has 0 spiro atoms. The second-order valence-electron chi connectivity index (χ2n) is 6.33. The minimum Gasteiger partial charge on any atom is -0.297 e. The predicted octanol–water partition coefficient (Wildman–Crippen LogP) is 4.14. The van der Waals surface area contributed by atoms with Crippen LogP contribution in [-0.4, -0.2) is 23.1 Å². The number of anilines is 1. The molecule has 0 saturated heterocycles. The Balaban J connectivity index is 1.84. The van der Waals surface area contributed by atoms with Crippen molar-refractivity contribution in [1.29, 1.82) is 0 Å². The Morgan fingerprint density at radius 1 is 1.08 bits per heavy atom. The Bertz CT molecular complexity index is 977. The molecule has 1 amide bonds. The number of amides is 1. The van der Waals surface area contributed by atoms with Gasteiger partial charge in [-0.2, -0.15) is 0 Å². The van der Waals surface area contributed by atoms with Gasteiger partial charge in [0.2, 0.25) is 5.91 Å². The van der Waals surface area contributed by atoms with E-state index in [2.05, 4.69) is 31.0 Å². The average Bonchev–Trinajstić information content (AvgIpc) is 2.88.